The Hall–Kier alpha value is -0.940. The third-order valence-electron chi connectivity index (χ3n) is 3.43. The summed E-state index contributed by atoms with van der Waals surface area (Å²) in [4.78, 5) is 14.5. The Bertz CT molecular complexity index is 424. The smallest absolute Gasteiger partial charge is 0.235 e. The zero-order chi connectivity index (χ0) is 12.5. The summed E-state index contributed by atoms with van der Waals surface area (Å²) in [5, 5.41) is 4.07. The van der Waals surface area contributed by atoms with E-state index in [-0.39, 0.29) is 5.91 Å². The maximum atomic E-state index is 12.4. The van der Waals surface area contributed by atoms with E-state index in [1.54, 1.807) is 16.2 Å². The molecule has 1 aliphatic carbocycles. The number of hydrogen-bond acceptors (Lipinski definition) is 3. The molecule has 1 aromatic heterocycles. The highest BCUT2D eigenvalue weighted by Gasteiger charge is 2.48. The zero-order valence-electron chi connectivity index (χ0n) is 9.81. The standard InChI is InChI=1S/C12H16N2OS2/c1-14(7-9-3-6-17-8-9)11(15)12(10(13)16)4-2-5-12/h3,6,8H,2,4-5,7H2,1H3,(H2,13,16). The normalized spacial score (nSPS) is 17.2. The van der Waals surface area contributed by atoms with Crippen LogP contribution in [-0.4, -0.2) is 22.8 Å². The van der Waals surface area contributed by atoms with E-state index in [4.69, 9.17) is 18.0 Å². The van der Waals surface area contributed by atoms with Gasteiger partial charge in [-0.05, 0) is 35.2 Å². The summed E-state index contributed by atoms with van der Waals surface area (Å²) >= 11 is 6.69. The predicted octanol–water partition coefficient (Wildman–Crippen LogP) is 2.16. The van der Waals surface area contributed by atoms with Crippen LogP contribution < -0.4 is 5.73 Å². The lowest BCUT2D eigenvalue weighted by atomic mass is 9.67. The van der Waals surface area contributed by atoms with E-state index in [0.717, 1.165) is 24.8 Å². The average Bonchev–Trinajstić information content (AvgIpc) is 2.67. The molecule has 0 bridgehead atoms. The average molecular weight is 268 g/mol. The molecule has 1 aliphatic rings. The SMILES string of the molecule is CN(Cc1ccsc1)C(=O)C1(C(N)=S)CCC1. The van der Waals surface area contributed by atoms with Gasteiger partial charge in [0.2, 0.25) is 5.91 Å². The molecule has 0 spiro atoms. The van der Waals surface area contributed by atoms with E-state index in [1.807, 2.05) is 18.5 Å². The lowest BCUT2D eigenvalue weighted by Gasteiger charge is -2.41. The quantitative estimate of drug-likeness (QED) is 0.851. The Labute approximate surface area is 111 Å². The molecule has 1 amide bonds. The second-order valence-corrected chi connectivity index (χ2v) is 5.81. The van der Waals surface area contributed by atoms with Crippen LogP contribution in [0.4, 0.5) is 0 Å². The van der Waals surface area contributed by atoms with Crippen molar-refractivity contribution in [1.82, 2.24) is 4.90 Å². The Kier molecular flexibility index (Phi) is 3.49. The van der Waals surface area contributed by atoms with Gasteiger partial charge >= 0.3 is 0 Å². The van der Waals surface area contributed by atoms with Crippen LogP contribution in [0.1, 0.15) is 24.8 Å². The number of thiophene rings is 1. The number of nitrogens with two attached hydrogens (primary N) is 1. The lowest BCUT2D eigenvalue weighted by molar-refractivity contribution is -0.141. The van der Waals surface area contributed by atoms with Crippen molar-refractivity contribution in [2.45, 2.75) is 25.8 Å². The molecule has 0 radical (unpaired) electrons. The largest absolute Gasteiger partial charge is 0.392 e. The molecule has 5 heteroatoms. The van der Waals surface area contributed by atoms with Gasteiger partial charge in [0.05, 0.1) is 10.4 Å². The van der Waals surface area contributed by atoms with Crippen molar-refractivity contribution in [2.75, 3.05) is 7.05 Å². The van der Waals surface area contributed by atoms with E-state index in [1.165, 1.54) is 0 Å². The topological polar surface area (TPSA) is 46.3 Å². The summed E-state index contributed by atoms with van der Waals surface area (Å²) in [5.41, 5.74) is 6.33. The molecule has 2 rings (SSSR count). The van der Waals surface area contributed by atoms with Crippen LogP contribution in [0.2, 0.25) is 0 Å². The molecule has 92 valence electrons. The molecule has 0 atom stereocenters. The van der Waals surface area contributed by atoms with Gasteiger partial charge in [0.1, 0.15) is 0 Å². The van der Waals surface area contributed by atoms with Crippen LogP contribution in [0.3, 0.4) is 0 Å². The Morgan fingerprint density at radius 3 is 2.76 bits per heavy atom. The van der Waals surface area contributed by atoms with Gasteiger partial charge in [0, 0.05) is 13.6 Å². The second kappa shape index (κ2) is 4.74. The third-order valence-corrected chi connectivity index (χ3v) is 4.56. The molecular weight excluding hydrogens is 252 g/mol. The monoisotopic (exact) mass is 268 g/mol. The first-order chi connectivity index (χ1) is 8.06. The van der Waals surface area contributed by atoms with Gasteiger partial charge in [-0.3, -0.25) is 4.79 Å². The molecule has 1 fully saturated rings. The van der Waals surface area contributed by atoms with Crippen molar-refractivity contribution in [2.24, 2.45) is 11.1 Å². The summed E-state index contributed by atoms with van der Waals surface area (Å²) in [5.74, 6) is 0.0717. The fourth-order valence-electron chi connectivity index (χ4n) is 2.19. The second-order valence-electron chi connectivity index (χ2n) is 4.59. The first-order valence-electron chi connectivity index (χ1n) is 5.63. The zero-order valence-corrected chi connectivity index (χ0v) is 11.4. The number of thiocarbonyl (C=S) groups is 1. The van der Waals surface area contributed by atoms with E-state index >= 15 is 0 Å². The number of carbonyl (C=O) groups is 1. The van der Waals surface area contributed by atoms with E-state index in [2.05, 4.69) is 5.38 Å². The minimum atomic E-state index is -0.555. The molecule has 0 aromatic carbocycles. The van der Waals surface area contributed by atoms with Gasteiger partial charge in [-0.25, -0.2) is 0 Å². The molecule has 2 N–H and O–H groups in total. The summed E-state index contributed by atoms with van der Waals surface area (Å²) in [7, 11) is 1.82. The van der Waals surface area contributed by atoms with Crippen LogP contribution >= 0.6 is 23.6 Å². The van der Waals surface area contributed by atoms with Crippen LogP contribution in [0.5, 0.6) is 0 Å². The van der Waals surface area contributed by atoms with E-state index in [9.17, 15) is 4.79 Å². The maximum absolute atomic E-state index is 12.4. The van der Waals surface area contributed by atoms with Gasteiger partial charge in [-0.2, -0.15) is 11.3 Å². The fraction of sp³-hybridized carbons (Fsp3) is 0.500. The molecule has 3 nitrogen and oxygen atoms in total. The van der Waals surface area contributed by atoms with Crippen LogP contribution in [0, 0.1) is 5.41 Å². The minimum absolute atomic E-state index is 0.0717. The highest BCUT2D eigenvalue weighted by Crippen LogP contribution is 2.42. The number of nitrogens with zero attached hydrogens (tertiary/aromatic N) is 1. The van der Waals surface area contributed by atoms with Crippen LogP contribution in [0.15, 0.2) is 16.8 Å². The summed E-state index contributed by atoms with van der Waals surface area (Å²) < 4.78 is 0. The van der Waals surface area contributed by atoms with Gasteiger partial charge in [-0.1, -0.05) is 18.6 Å². The van der Waals surface area contributed by atoms with Crippen molar-refractivity contribution >= 4 is 34.5 Å². The third kappa shape index (κ3) is 2.21. The Balaban J connectivity index is 2.06. The highest BCUT2D eigenvalue weighted by molar-refractivity contribution is 7.80. The summed E-state index contributed by atoms with van der Waals surface area (Å²) in [6.07, 6.45) is 2.64. The van der Waals surface area contributed by atoms with Crippen molar-refractivity contribution in [3.8, 4) is 0 Å². The number of amides is 1. The van der Waals surface area contributed by atoms with Gasteiger partial charge in [0.25, 0.3) is 0 Å². The van der Waals surface area contributed by atoms with Crippen molar-refractivity contribution in [1.29, 1.82) is 0 Å². The van der Waals surface area contributed by atoms with Crippen LogP contribution in [0.25, 0.3) is 0 Å². The van der Waals surface area contributed by atoms with E-state index in [0.29, 0.717) is 11.5 Å². The Morgan fingerprint density at radius 2 is 2.35 bits per heavy atom. The highest BCUT2D eigenvalue weighted by atomic mass is 32.1. The maximum Gasteiger partial charge on any atom is 0.235 e. The van der Waals surface area contributed by atoms with Crippen molar-refractivity contribution < 1.29 is 4.79 Å². The molecule has 0 unspecified atom stereocenters. The first-order valence-corrected chi connectivity index (χ1v) is 6.98. The molecule has 0 saturated heterocycles. The first kappa shape index (κ1) is 12.5. The summed E-state index contributed by atoms with van der Waals surface area (Å²) in [6.45, 7) is 0.632. The number of hydrogen-bond donors (Lipinski definition) is 1. The van der Waals surface area contributed by atoms with Gasteiger partial charge in [0.15, 0.2) is 0 Å². The van der Waals surface area contributed by atoms with Gasteiger partial charge < -0.3 is 10.6 Å². The van der Waals surface area contributed by atoms with Gasteiger partial charge in [-0.15, -0.1) is 0 Å². The number of carbonyl (C=O) groups excluding carboxylic acids is 1. The molecule has 1 saturated carbocycles. The molecular formula is C12H16N2OS2. The molecule has 1 heterocycles. The van der Waals surface area contributed by atoms with Crippen molar-refractivity contribution in [3.63, 3.8) is 0 Å². The van der Waals surface area contributed by atoms with Crippen molar-refractivity contribution in [3.05, 3.63) is 22.4 Å². The van der Waals surface area contributed by atoms with Crippen LogP contribution in [-0.2, 0) is 11.3 Å². The minimum Gasteiger partial charge on any atom is -0.392 e. The van der Waals surface area contributed by atoms with E-state index < -0.39 is 5.41 Å². The summed E-state index contributed by atoms with van der Waals surface area (Å²) in [6, 6.07) is 2.03. The number of rotatable bonds is 4. The lowest BCUT2D eigenvalue weighted by Crippen LogP contribution is -2.53. The Morgan fingerprint density at radius 1 is 1.65 bits per heavy atom. The molecule has 17 heavy (non-hydrogen) atoms. The fourth-order valence-corrected chi connectivity index (χ4v) is 3.14. The molecule has 0 aliphatic heterocycles. The molecule has 1 aromatic rings. The predicted molar refractivity (Wildman–Crippen MR) is 73.9 cm³/mol.